The van der Waals surface area contributed by atoms with Crippen molar-refractivity contribution in [1.29, 1.82) is 0 Å². The van der Waals surface area contributed by atoms with Gasteiger partial charge in [-0.1, -0.05) is 74.0 Å². The van der Waals surface area contributed by atoms with Crippen molar-refractivity contribution < 1.29 is 0 Å². The van der Waals surface area contributed by atoms with E-state index < -0.39 is 0 Å². The number of hydrogen-bond acceptors (Lipinski definition) is 2. The lowest BCUT2D eigenvalue weighted by Gasteiger charge is -2.11. The molecular formula is C21H17ClN2. The van der Waals surface area contributed by atoms with Crippen molar-refractivity contribution in [2.45, 2.75) is 19.8 Å². The van der Waals surface area contributed by atoms with Crippen LogP contribution in [0.4, 0.5) is 0 Å². The van der Waals surface area contributed by atoms with Gasteiger partial charge in [0, 0.05) is 16.5 Å². The van der Waals surface area contributed by atoms with E-state index in [1.54, 1.807) is 0 Å². The number of hydrogen-bond donors (Lipinski definition) is 0. The Hall–Kier alpha value is -2.45. The van der Waals surface area contributed by atoms with Gasteiger partial charge >= 0.3 is 0 Å². The van der Waals surface area contributed by atoms with Gasteiger partial charge in [-0.05, 0) is 29.2 Å². The SMILES string of the molecule is CC(C)c1ccc2ccc3c(-c4ccccc4)cc(Cl)nc3c2n1. The molecule has 0 aliphatic heterocycles. The summed E-state index contributed by atoms with van der Waals surface area (Å²) in [7, 11) is 0. The van der Waals surface area contributed by atoms with Crippen LogP contribution in [0.25, 0.3) is 32.9 Å². The minimum atomic E-state index is 0.373. The molecule has 24 heavy (non-hydrogen) atoms. The molecule has 2 aromatic carbocycles. The van der Waals surface area contributed by atoms with Crippen molar-refractivity contribution in [2.75, 3.05) is 0 Å². The maximum Gasteiger partial charge on any atom is 0.130 e. The van der Waals surface area contributed by atoms with Crippen LogP contribution < -0.4 is 0 Å². The number of rotatable bonds is 2. The Morgan fingerprint density at radius 2 is 1.58 bits per heavy atom. The third-order valence-electron chi connectivity index (χ3n) is 4.31. The van der Waals surface area contributed by atoms with E-state index in [0.29, 0.717) is 11.1 Å². The Labute approximate surface area is 146 Å². The topological polar surface area (TPSA) is 25.8 Å². The summed E-state index contributed by atoms with van der Waals surface area (Å²) in [6.45, 7) is 4.30. The summed E-state index contributed by atoms with van der Waals surface area (Å²) < 4.78 is 0. The highest BCUT2D eigenvalue weighted by Crippen LogP contribution is 2.33. The normalized spacial score (nSPS) is 11.5. The minimum absolute atomic E-state index is 0.373. The van der Waals surface area contributed by atoms with E-state index in [0.717, 1.165) is 38.6 Å². The molecule has 0 spiro atoms. The van der Waals surface area contributed by atoms with Gasteiger partial charge in [-0.3, -0.25) is 4.98 Å². The quantitative estimate of drug-likeness (QED) is 0.321. The van der Waals surface area contributed by atoms with Crippen LogP contribution in [0.3, 0.4) is 0 Å². The Morgan fingerprint density at radius 1 is 0.833 bits per heavy atom. The van der Waals surface area contributed by atoms with Gasteiger partial charge in [0.2, 0.25) is 0 Å². The largest absolute Gasteiger partial charge is 0.250 e. The molecule has 0 atom stereocenters. The molecule has 0 radical (unpaired) electrons. The van der Waals surface area contributed by atoms with E-state index in [2.05, 4.69) is 55.2 Å². The zero-order valence-corrected chi connectivity index (χ0v) is 14.4. The van der Waals surface area contributed by atoms with Crippen molar-refractivity contribution in [2.24, 2.45) is 0 Å². The Balaban J connectivity index is 2.10. The van der Waals surface area contributed by atoms with E-state index in [4.69, 9.17) is 16.6 Å². The van der Waals surface area contributed by atoms with E-state index in [1.807, 2.05) is 24.3 Å². The van der Waals surface area contributed by atoms with Gasteiger partial charge in [0.1, 0.15) is 5.15 Å². The summed E-state index contributed by atoms with van der Waals surface area (Å²) in [6.07, 6.45) is 0. The number of halogens is 1. The fraction of sp³-hybridized carbons (Fsp3) is 0.143. The Morgan fingerprint density at radius 3 is 2.33 bits per heavy atom. The molecule has 4 rings (SSSR count). The summed E-state index contributed by atoms with van der Waals surface area (Å²) >= 11 is 6.34. The molecule has 0 aliphatic rings. The first-order chi connectivity index (χ1) is 11.6. The lowest BCUT2D eigenvalue weighted by Crippen LogP contribution is -1.95. The first-order valence-electron chi connectivity index (χ1n) is 8.09. The predicted molar refractivity (Wildman–Crippen MR) is 102 cm³/mol. The summed E-state index contributed by atoms with van der Waals surface area (Å²) in [5.41, 5.74) is 5.06. The van der Waals surface area contributed by atoms with Crippen LogP contribution in [0.5, 0.6) is 0 Å². The van der Waals surface area contributed by atoms with Crippen molar-refractivity contribution in [3.8, 4) is 11.1 Å². The molecular weight excluding hydrogens is 316 g/mol. The third-order valence-corrected chi connectivity index (χ3v) is 4.50. The molecule has 0 N–H and O–H groups in total. The van der Waals surface area contributed by atoms with E-state index >= 15 is 0 Å². The summed E-state index contributed by atoms with van der Waals surface area (Å²) in [4.78, 5) is 9.45. The predicted octanol–water partition coefficient (Wildman–Crippen LogP) is 6.23. The monoisotopic (exact) mass is 332 g/mol. The lowest BCUT2D eigenvalue weighted by atomic mass is 9.99. The van der Waals surface area contributed by atoms with Gasteiger partial charge in [0.05, 0.1) is 11.0 Å². The average molecular weight is 333 g/mol. The van der Waals surface area contributed by atoms with Gasteiger partial charge in [-0.2, -0.15) is 0 Å². The first kappa shape index (κ1) is 15.1. The summed E-state index contributed by atoms with van der Waals surface area (Å²) in [6, 6.07) is 20.6. The van der Waals surface area contributed by atoms with E-state index in [9.17, 15) is 0 Å². The minimum Gasteiger partial charge on any atom is -0.250 e. The zero-order valence-electron chi connectivity index (χ0n) is 13.6. The molecule has 3 heteroatoms. The zero-order chi connectivity index (χ0) is 16.7. The number of fused-ring (bicyclic) bond motifs is 3. The van der Waals surface area contributed by atoms with Gasteiger partial charge in [0.25, 0.3) is 0 Å². The second-order valence-corrected chi connectivity index (χ2v) is 6.67. The van der Waals surface area contributed by atoms with Crippen molar-refractivity contribution in [1.82, 2.24) is 9.97 Å². The van der Waals surface area contributed by atoms with Crippen molar-refractivity contribution in [3.05, 3.63) is 71.5 Å². The molecule has 0 aliphatic carbocycles. The maximum absolute atomic E-state index is 6.34. The molecule has 0 fully saturated rings. The van der Waals surface area contributed by atoms with Crippen molar-refractivity contribution in [3.63, 3.8) is 0 Å². The average Bonchev–Trinajstić information content (AvgIpc) is 2.61. The van der Waals surface area contributed by atoms with Crippen LogP contribution in [0.1, 0.15) is 25.5 Å². The number of benzene rings is 2. The van der Waals surface area contributed by atoms with E-state index in [-0.39, 0.29) is 0 Å². The molecule has 0 saturated carbocycles. The Kier molecular flexibility index (Phi) is 3.70. The third kappa shape index (κ3) is 2.53. The highest BCUT2D eigenvalue weighted by Gasteiger charge is 2.12. The van der Waals surface area contributed by atoms with Gasteiger partial charge in [-0.15, -0.1) is 0 Å². The second-order valence-electron chi connectivity index (χ2n) is 6.28. The highest BCUT2D eigenvalue weighted by molar-refractivity contribution is 6.30. The van der Waals surface area contributed by atoms with Gasteiger partial charge < -0.3 is 0 Å². The maximum atomic E-state index is 6.34. The number of aromatic nitrogens is 2. The Bertz CT molecular complexity index is 1040. The van der Waals surface area contributed by atoms with Crippen LogP contribution in [-0.4, -0.2) is 9.97 Å². The summed E-state index contributed by atoms with van der Waals surface area (Å²) in [5, 5.41) is 2.65. The second kappa shape index (κ2) is 5.88. The number of nitrogens with zero attached hydrogens (tertiary/aromatic N) is 2. The standard InChI is InChI=1S/C21H17ClN2/c1-13(2)18-11-9-15-8-10-16-17(14-6-4-3-5-7-14)12-19(22)24-21(16)20(15)23-18/h3-13H,1-2H3. The van der Waals surface area contributed by atoms with Gasteiger partial charge in [0.15, 0.2) is 0 Å². The van der Waals surface area contributed by atoms with Crippen LogP contribution >= 0.6 is 11.6 Å². The van der Waals surface area contributed by atoms with Crippen LogP contribution in [0.2, 0.25) is 5.15 Å². The van der Waals surface area contributed by atoms with Gasteiger partial charge in [-0.25, -0.2) is 4.98 Å². The molecule has 118 valence electrons. The fourth-order valence-electron chi connectivity index (χ4n) is 3.03. The molecule has 0 unspecified atom stereocenters. The first-order valence-corrected chi connectivity index (χ1v) is 8.46. The molecule has 0 amide bonds. The lowest BCUT2D eigenvalue weighted by molar-refractivity contribution is 0.830. The molecule has 2 nitrogen and oxygen atoms in total. The van der Waals surface area contributed by atoms with Crippen LogP contribution in [0.15, 0.2) is 60.7 Å². The molecule has 2 heterocycles. The molecule has 4 aromatic rings. The fourth-order valence-corrected chi connectivity index (χ4v) is 3.23. The van der Waals surface area contributed by atoms with Crippen LogP contribution in [0, 0.1) is 0 Å². The molecule has 0 bridgehead atoms. The van der Waals surface area contributed by atoms with Crippen LogP contribution in [-0.2, 0) is 0 Å². The van der Waals surface area contributed by atoms with E-state index in [1.165, 1.54) is 0 Å². The summed E-state index contributed by atoms with van der Waals surface area (Å²) in [5.74, 6) is 0.373. The van der Waals surface area contributed by atoms with Crippen molar-refractivity contribution >= 4 is 33.4 Å². The molecule has 0 saturated heterocycles. The highest BCUT2D eigenvalue weighted by atomic mass is 35.5. The smallest absolute Gasteiger partial charge is 0.130 e. The number of pyridine rings is 2. The molecule has 2 aromatic heterocycles.